The predicted molar refractivity (Wildman–Crippen MR) is 112 cm³/mol. The predicted octanol–water partition coefficient (Wildman–Crippen LogP) is 3.80. The van der Waals surface area contributed by atoms with E-state index in [1.807, 2.05) is 0 Å². The van der Waals surface area contributed by atoms with Crippen LogP contribution in [-0.4, -0.2) is 28.6 Å². The van der Waals surface area contributed by atoms with Crippen LogP contribution in [0.1, 0.15) is 29.4 Å². The van der Waals surface area contributed by atoms with E-state index in [2.05, 4.69) is 0 Å². The number of aryl methyl sites for hydroxylation is 1. The Labute approximate surface area is 191 Å². The highest BCUT2D eigenvalue weighted by molar-refractivity contribution is 6.31. The van der Waals surface area contributed by atoms with Crippen LogP contribution in [0, 0.1) is 25.2 Å². The molecule has 0 bridgehead atoms. The van der Waals surface area contributed by atoms with Crippen molar-refractivity contribution in [2.24, 2.45) is 5.73 Å². The van der Waals surface area contributed by atoms with Gasteiger partial charge in [0.05, 0.1) is 10.6 Å². The molecule has 2 rings (SSSR count). The van der Waals surface area contributed by atoms with Crippen molar-refractivity contribution in [1.29, 1.82) is 5.26 Å². The normalized spacial score (nSPS) is 12.6. The average molecular weight is 483 g/mol. The summed E-state index contributed by atoms with van der Waals surface area (Å²) in [4.78, 5) is 34.7. The monoisotopic (exact) mass is 482 g/mol. The molecular weight excluding hydrogens is 465 g/mol. The van der Waals surface area contributed by atoms with E-state index in [1.54, 1.807) is 31.3 Å². The summed E-state index contributed by atoms with van der Waals surface area (Å²) in [5, 5.41) is 10.6. The molecule has 0 aliphatic heterocycles. The Bertz CT molecular complexity index is 1200. The number of nitrogens with one attached hydrogen (secondary N) is 1. The van der Waals surface area contributed by atoms with E-state index < -0.39 is 46.3 Å². The molecule has 174 valence electrons. The van der Waals surface area contributed by atoms with E-state index in [1.165, 1.54) is 23.6 Å². The van der Waals surface area contributed by atoms with Gasteiger partial charge in [-0.05, 0) is 56.7 Å². The van der Waals surface area contributed by atoms with Gasteiger partial charge in [0, 0.05) is 17.1 Å². The van der Waals surface area contributed by atoms with Crippen molar-refractivity contribution >= 4 is 35.6 Å². The summed E-state index contributed by atoms with van der Waals surface area (Å²) in [6.45, 7) is 4.40. The first-order valence-electron chi connectivity index (χ1n) is 9.25. The van der Waals surface area contributed by atoms with Crippen LogP contribution in [0.3, 0.4) is 0 Å². The van der Waals surface area contributed by atoms with Gasteiger partial charge in [0.1, 0.15) is 11.6 Å². The lowest BCUT2D eigenvalue weighted by molar-refractivity contribution is -0.150. The number of aromatic nitrogens is 1. The fraction of sp³-hybridized carbons (Fsp3) is 0.238. The number of rotatable bonds is 5. The Kier molecular flexibility index (Phi) is 7.56. The van der Waals surface area contributed by atoms with Gasteiger partial charge in [-0.15, -0.1) is 0 Å². The van der Waals surface area contributed by atoms with Crippen LogP contribution in [0.2, 0.25) is 5.02 Å². The minimum absolute atomic E-state index is 0.180. The number of amides is 3. The van der Waals surface area contributed by atoms with E-state index >= 15 is 0 Å². The molecule has 0 spiro atoms. The molecule has 1 aromatic carbocycles. The molecular formula is C21H18ClF3N4O4. The standard InChI is InChI=1S/C21H18ClF3N4O4/c1-10-6-13(7-14(9-26)19(31)33-12(3)18(30)28-20(27)32)11(2)29(10)15-4-5-17(22)16(8-15)21(23,24)25/h4-8,12H,1-3H3,(H3,27,28,30,32). The average Bonchev–Trinajstić information content (AvgIpc) is 2.98. The number of benzene rings is 1. The van der Waals surface area contributed by atoms with Gasteiger partial charge in [-0.3, -0.25) is 10.1 Å². The van der Waals surface area contributed by atoms with Gasteiger partial charge in [0.15, 0.2) is 6.10 Å². The summed E-state index contributed by atoms with van der Waals surface area (Å²) in [6.07, 6.45) is -4.88. The van der Waals surface area contributed by atoms with E-state index in [9.17, 15) is 32.8 Å². The number of carbonyl (C=O) groups is 3. The molecule has 1 heterocycles. The number of hydrogen-bond donors (Lipinski definition) is 2. The number of carbonyl (C=O) groups excluding carboxylic acids is 3. The van der Waals surface area contributed by atoms with Gasteiger partial charge in [0.2, 0.25) is 0 Å². The first kappa shape index (κ1) is 25.5. The van der Waals surface area contributed by atoms with Gasteiger partial charge in [-0.2, -0.15) is 18.4 Å². The molecule has 0 aliphatic rings. The molecule has 3 amide bonds. The highest BCUT2D eigenvalue weighted by atomic mass is 35.5. The third kappa shape index (κ3) is 5.93. The maximum absolute atomic E-state index is 13.2. The van der Waals surface area contributed by atoms with Crippen LogP contribution in [0.4, 0.5) is 18.0 Å². The summed E-state index contributed by atoms with van der Waals surface area (Å²) in [5.41, 5.74) is 4.85. The molecule has 8 nitrogen and oxygen atoms in total. The quantitative estimate of drug-likeness (QED) is 0.380. The number of ether oxygens (including phenoxy) is 1. The van der Waals surface area contributed by atoms with Gasteiger partial charge >= 0.3 is 18.2 Å². The number of hydrogen-bond acceptors (Lipinski definition) is 5. The topological polar surface area (TPSA) is 127 Å². The number of urea groups is 1. The molecule has 0 saturated carbocycles. The Morgan fingerprint density at radius 2 is 1.91 bits per heavy atom. The minimum Gasteiger partial charge on any atom is -0.448 e. The second kappa shape index (κ2) is 9.79. The second-order valence-electron chi connectivity index (χ2n) is 6.89. The van der Waals surface area contributed by atoms with E-state index in [0.717, 1.165) is 12.1 Å². The van der Waals surface area contributed by atoms with E-state index in [0.29, 0.717) is 17.0 Å². The number of imide groups is 1. The zero-order valence-corrected chi connectivity index (χ0v) is 18.3. The maximum Gasteiger partial charge on any atom is 0.417 e. The Morgan fingerprint density at radius 1 is 1.27 bits per heavy atom. The Morgan fingerprint density at radius 3 is 2.45 bits per heavy atom. The number of nitriles is 1. The zero-order valence-electron chi connectivity index (χ0n) is 17.6. The van der Waals surface area contributed by atoms with Crippen LogP contribution in [0.15, 0.2) is 29.8 Å². The van der Waals surface area contributed by atoms with Crippen LogP contribution < -0.4 is 11.1 Å². The number of alkyl halides is 3. The Balaban J connectivity index is 2.41. The molecule has 33 heavy (non-hydrogen) atoms. The molecule has 1 atom stereocenters. The molecule has 0 radical (unpaired) electrons. The summed E-state index contributed by atoms with van der Waals surface area (Å²) >= 11 is 5.69. The number of nitrogens with two attached hydrogens (primary N) is 1. The number of esters is 1. The van der Waals surface area contributed by atoms with Gasteiger partial charge in [-0.25, -0.2) is 9.59 Å². The number of halogens is 4. The van der Waals surface area contributed by atoms with Crippen LogP contribution >= 0.6 is 11.6 Å². The smallest absolute Gasteiger partial charge is 0.417 e. The zero-order chi connectivity index (χ0) is 25.1. The summed E-state index contributed by atoms with van der Waals surface area (Å²) in [6, 6.07) is 5.51. The van der Waals surface area contributed by atoms with Crippen LogP contribution in [0.25, 0.3) is 11.8 Å². The van der Waals surface area contributed by atoms with Crippen molar-refractivity contribution in [3.8, 4) is 11.8 Å². The molecule has 0 fully saturated rings. The summed E-state index contributed by atoms with van der Waals surface area (Å²) < 4.78 is 46.1. The third-order valence-electron chi connectivity index (χ3n) is 4.52. The maximum atomic E-state index is 13.2. The van der Waals surface area contributed by atoms with Crippen molar-refractivity contribution in [3.63, 3.8) is 0 Å². The fourth-order valence-corrected chi connectivity index (χ4v) is 3.22. The SMILES string of the molecule is Cc1cc(C=C(C#N)C(=O)OC(C)C(=O)NC(N)=O)c(C)n1-c1ccc(Cl)c(C(F)(F)F)c1. The lowest BCUT2D eigenvalue weighted by Crippen LogP contribution is -2.42. The molecule has 0 saturated heterocycles. The lowest BCUT2D eigenvalue weighted by Gasteiger charge is -2.14. The van der Waals surface area contributed by atoms with Gasteiger partial charge in [0.25, 0.3) is 5.91 Å². The molecule has 0 aliphatic carbocycles. The summed E-state index contributed by atoms with van der Waals surface area (Å²) in [7, 11) is 0. The van der Waals surface area contributed by atoms with Crippen LogP contribution in [0.5, 0.6) is 0 Å². The second-order valence-corrected chi connectivity index (χ2v) is 7.30. The van der Waals surface area contributed by atoms with Crippen molar-refractivity contribution in [2.75, 3.05) is 0 Å². The van der Waals surface area contributed by atoms with Crippen molar-refractivity contribution in [2.45, 2.75) is 33.1 Å². The molecule has 2 aromatic rings. The number of nitrogens with zero attached hydrogens (tertiary/aromatic N) is 2. The molecule has 3 N–H and O–H groups in total. The molecule has 1 unspecified atom stereocenters. The minimum atomic E-state index is -4.65. The van der Waals surface area contributed by atoms with Crippen molar-refractivity contribution in [3.05, 3.63) is 57.4 Å². The highest BCUT2D eigenvalue weighted by Crippen LogP contribution is 2.36. The largest absolute Gasteiger partial charge is 0.448 e. The first-order valence-corrected chi connectivity index (χ1v) is 9.63. The molecule has 1 aromatic heterocycles. The summed E-state index contributed by atoms with van der Waals surface area (Å²) in [5.74, 6) is -2.12. The van der Waals surface area contributed by atoms with Gasteiger partial charge < -0.3 is 15.0 Å². The van der Waals surface area contributed by atoms with Gasteiger partial charge in [-0.1, -0.05) is 11.6 Å². The Hall–Kier alpha value is -3.78. The highest BCUT2D eigenvalue weighted by Gasteiger charge is 2.33. The number of primary amides is 1. The van der Waals surface area contributed by atoms with Crippen molar-refractivity contribution < 1.29 is 32.3 Å². The van der Waals surface area contributed by atoms with Crippen LogP contribution in [-0.2, 0) is 20.5 Å². The van der Waals surface area contributed by atoms with Crippen molar-refractivity contribution in [1.82, 2.24) is 9.88 Å². The lowest BCUT2D eigenvalue weighted by atomic mass is 10.1. The third-order valence-corrected chi connectivity index (χ3v) is 4.85. The fourth-order valence-electron chi connectivity index (χ4n) is 2.99. The van der Waals surface area contributed by atoms with E-state index in [-0.39, 0.29) is 5.69 Å². The molecule has 12 heteroatoms. The van der Waals surface area contributed by atoms with E-state index in [4.69, 9.17) is 22.1 Å². The first-order chi connectivity index (χ1) is 15.3.